The van der Waals surface area contributed by atoms with Gasteiger partial charge < -0.3 is 24.4 Å². The fraction of sp³-hybridized carbons (Fsp3) is 0.346. The van der Waals surface area contributed by atoms with Gasteiger partial charge in [-0.3, -0.25) is 4.79 Å². The van der Waals surface area contributed by atoms with Crippen molar-refractivity contribution in [2.75, 3.05) is 7.11 Å². The summed E-state index contributed by atoms with van der Waals surface area (Å²) in [5, 5.41) is 21.6. The van der Waals surface area contributed by atoms with E-state index in [9.17, 15) is 15.0 Å². The highest BCUT2D eigenvalue weighted by Crippen LogP contribution is 2.52. The number of carbonyl (C=O) groups is 1. The van der Waals surface area contributed by atoms with Gasteiger partial charge in [-0.1, -0.05) is 11.6 Å². The van der Waals surface area contributed by atoms with Gasteiger partial charge in [-0.15, -0.1) is 0 Å². The van der Waals surface area contributed by atoms with E-state index in [2.05, 4.69) is 0 Å². The molecule has 0 spiro atoms. The first-order valence-corrected chi connectivity index (χ1v) is 10.6. The van der Waals surface area contributed by atoms with E-state index in [4.69, 9.17) is 14.2 Å². The van der Waals surface area contributed by atoms with Crippen molar-refractivity contribution in [2.24, 2.45) is 0 Å². The zero-order valence-electron chi connectivity index (χ0n) is 19.0. The van der Waals surface area contributed by atoms with Gasteiger partial charge in [0.15, 0.2) is 5.78 Å². The molecule has 2 aromatic carbocycles. The van der Waals surface area contributed by atoms with E-state index >= 15 is 0 Å². The molecule has 0 saturated carbocycles. The predicted molar refractivity (Wildman–Crippen MR) is 122 cm³/mol. The van der Waals surface area contributed by atoms with E-state index in [-0.39, 0.29) is 35.0 Å². The van der Waals surface area contributed by atoms with Gasteiger partial charge in [0.1, 0.15) is 46.0 Å². The lowest BCUT2D eigenvalue weighted by atomic mass is 9.88. The van der Waals surface area contributed by atoms with Crippen molar-refractivity contribution in [3.8, 4) is 28.7 Å². The van der Waals surface area contributed by atoms with E-state index in [1.54, 1.807) is 12.1 Å². The molecule has 0 bridgehead atoms. The predicted octanol–water partition coefficient (Wildman–Crippen LogP) is 5.51. The molecule has 6 heteroatoms. The highest BCUT2D eigenvalue weighted by atomic mass is 16.5. The minimum atomic E-state index is -0.698. The molecule has 168 valence electrons. The molecule has 2 aromatic rings. The fourth-order valence-corrected chi connectivity index (χ4v) is 4.04. The minimum absolute atomic E-state index is 0.00259. The van der Waals surface area contributed by atoms with Crippen molar-refractivity contribution in [2.45, 2.75) is 52.2 Å². The van der Waals surface area contributed by atoms with Crippen LogP contribution in [0.5, 0.6) is 28.7 Å². The Morgan fingerprint density at radius 1 is 1.25 bits per heavy atom. The van der Waals surface area contributed by atoms with Crippen molar-refractivity contribution in [1.29, 1.82) is 0 Å². The molecule has 0 unspecified atom stereocenters. The molecule has 2 heterocycles. The molecular weight excluding hydrogens is 408 g/mol. The monoisotopic (exact) mass is 436 g/mol. The number of allylic oxidation sites excluding steroid dienone is 2. The number of benzene rings is 2. The second-order valence-corrected chi connectivity index (χ2v) is 8.96. The van der Waals surface area contributed by atoms with Crippen LogP contribution in [0.2, 0.25) is 0 Å². The summed E-state index contributed by atoms with van der Waals surface area (Å²) in [4.78, 5) is 13.2. The van der Waals surface area contributed by atoms with Crippen molar-refractivity contribution in [3.63, 3.8) is 0 Å². The summed E-state index contributed by atoms with van der Waals surface area (Å²) < 4.78 is 17.6. The Kier molecular flexibility index (Phi) is 5.41. The maximum absolute atomic E-state index is 13.2. The standard InChI is InChI=1S/C26H28O6/c1-14(2)6-8-17-23(29)22-20(28)13-21(16-9-7-15(30-5)12-19(16)27)31-25(22)18-10-11-26(3,4)32-24(17)18/h6-7,9-12,21,27,29H,8,13H2,1-5H3/t21-/m0/s1. The highest BCUT2D eigenvalue weighted by Gasteiger charge is 2.38. The van der Waals surface area contributed by atoms with Crippen molar-refractivity contribution < 1.29 is 29.2 Å². The lowest BCUT2D eigenvalue weighted by Gasteiger charge is -2.34. The second-order valence-electron chi connectivity index (χ2n) is 8.96. The first kappa shape index (κ1) is 21.8. The smallest absolute Gasteiger partial charge is 0.174 e. The number of rotatable bonds is 4. The largest absolute Gasteiger partial charge is 0.507 e. The minimum Gasteiger partial charge on any atom is -0.507 e. The molecule has 2 N–H and O–H groups in total. The first-order chi connectivity index (χ1) is 15.1. The third kappa shape index (κ3) is 3.81. The summed E-state index contributed by atoms with van der Waals surface area (Å²) in [5.74, 6) is 0.927. The number of ketones is 1. The van der Waals surface area contributed by atoms with Gasteiger partial charge in [0.05, 0.1) is 19.1 Å². The molecule has 0 aliphatic carbocycles. The second kappa shape index (κ2) is 7.93. The number of carbonyl (C=O) groups excluding carboxylic acids is 1. The van der Waals surface area contributed by atoms with Crippen LogP contribution in [0.3, 0.4) is 0 Å². The Bertz CT molecular complexity index is 1150. The first-order valence-electron chi connectivity index (χ1n) is 10.6. The number of Topliss-reactive ketones (excluding diaryl/α,β-unsaturated/α-hetero) is 1. The van der Waals surface area contributed by atoms with Crippen LogP contribution in [-0.4, -0.2) is 28.7 Å². The van der Waals surface area contributed by atoms with E-state index in [0.717, 1.165) is 5.57 Å². The number of fused-ring (bicyclic) bond motifs is 3. The van der Waals surface area contributed by atoms with Crippen LogP contribution in [0, 0.1) is 0 Å². The van der Waals surface area contributed by atoms with Gasteiger partial charge in [-0.25, -0.2) is 0 Å². The fourth-order valence-electron chi connectivity index (χ4n) is 4.04. The van der Waals surface area contributed by atoms with Crippen molar-refractivity contribution in [1.82, 2.24) is 0 Å². The average Bonchev–Trinajstić information content (AvgIpc) is 2.72. The van der Waals surface area contributed by atoms with Gasteiger partial charge in [-0.05, 0) is 58.4 Å². The summed E-state index contributed by atoms with van der Waals surface area (Å²) in [5.41, 5.74) is 2.37. The van der Waals surface area contributed by atoms with Crippen LogP contribution in [0.15, 0.2) is 35.9 Å². The molecule has 0 amide bonds. The Morgan fingerprint density at radius 3 is 2.66 bits per heavy atom. The summed E-state index contributed by atoms with van der Waals surface area (Å²) in [7, 11) is 1.51. The van der Waals surface area contributed by atoms with Gasteiger partial charge in [-0.2, -0.15) is 0 Å². The molecule has 32 heavy (non-hydrogen) atoms. The molecule has 1 atom stereocenters. The molecule has 0 radical (unpaired) electrons. The lowest BCUT2D eigenvalue weighted by molar-refractivity contribution is 0.0837. The molecule has 6 nitrogen and oxygen atoms in total. The Labute approximate surface area is 187 Å². The maximum Gasteiger partial charge on any atom is 0.174 e. The van der Waals surface area contributed by atoms with Crippen LogP contribution < -0.4 is 14.2 Å². The van der Waals surface area contributed by atoms with Crippen LogP contribution >= 0.6 is 0 Å². The zero-order valence-corrected chi connectivity index (χ0v) is 19.0. The SMILES string of the molecule is COc1ccc([C@@H]2CC(=O)c3c(O)c(CC=C(C)C)c4c(c3O2)C=CC(C)(C)O4)c(O)c1. The average molecular weight is 437 g/mol. The summed E-state index contributed by atoms with van der Waals surface area (Å²) in [6.07, 6.45) is 5.51. The Hall–Kier alpha value is -3.41. The lowest BCUT2D eigenvalue weighted by Crippen LogP contribution is -2.30. The van der Waals surface area contributed by atoms with Gasteiger partial charge >= 0.3 is 0 Å². The van der Waals surface area contributed by atoms with Crippen LogP contribution in [0.4, 0.5) is 0 Å². The molecule has 2 aliphatic rings. The van der Waals surface area contributed by atoms with Crippen molar-refractivity contribution in [3.05, 3.63) is 58.2 Å². The van der Waals surface area contributed by atoms with Gasteiger partial charge in [0.25, 0.3) is 0 Å². The Balaban J connectivity index is 1.86. The van der Waals surface area contributed by atoms with Gasteiger partial charge in [0.2, 0.25) is 0 Å². The topological polar surface area (TPSA) is 85.2 Å². The summed E-state index contributed by atoms with van der Waals surface area (Å²) in [6.45, 7) is 7.81. The number of hydrogen-bond acceptors (Lipinski definition) is 6. The van der Waals surface area contributed by atoms with Crippen LogP contribution in [0.1, 0.15) is 67.3 Å². The van der Waals surface area contributed by atoms with E-state index < -0.39 is 11.7 Å². The number of hydrogen-bond donors (Lipinski definition) is 2. The van der Waals surface area contributed by atoms with E-state index in [1.807, 2.05) is 45.9 Å². The van der Waals surface area contributed by atoms with Crippen molar-refractivity contribution >= 4 is 11.9 Å². The normalized spacial score (nSPS) is 18.2. The van der Waals surface area contributed by atoms with Gasteiger partial charge in [0, 0.05) is 17.2 Å². The number of phenolic OH excluding ortho intramolecular Hbond substituents is 2. The number of methoxy groups -OCH3 is 1. The van der Waals surface area contributed by atoms with Crippen LogP contribution in [0.25, 0.3) is 6.08 Å². The van der Waals surface area contributed by atoms with E-state index in [0.29, 0.717) is 34.6 Å². The number of aromatic hydroxyl groups is 2. The molecule has 0 aromatic heterocycles. The molecule has 4 rings (SSSR count). The molecular formula is C26H28O6. The maximum atomic E-state index is 13.2. The third-order valence-electron chi connectivity index (χ3n) is 5.74. The van der Waals surface area contributed by atoms with E-state index in [1.165, 1.54) is 13.2 Å². The van der Waals surface area contributed by atoms with Crippen LogP contribution in [-0.2, 0) is 6.42 Å². The highest BCUT2D eigenvalue weighted by molar-refractivity contribution is 6.05. The summed E-state index contributed by atoms with van der Waals surface area (Å²) >= 11 is 0. The summed E-state index contributed by atoms with van der Waals surface area (Å²) in [6, 6.07) is 4.88. The number of phenols is 2. The molecule has 2 aliphatic heterocycles. The number of ether oxygens (including phenoxy) is 3. The quantitative estimate of drug-likeness (QED) is 0.615. The third-order valence-corrected chi connectivity index (χ3v) is 5.74. The Morgan fingerprint density at radius 2 is 2.00 bits per heavy atom. The zero-order chi connectivity index (χ0) is 23.2. The molecule has 0 fully saturated rings. The molecule has 0 saturated heterocycles.